The van der Waals surface area contributed by atoms with Gasteiger partial charge in [0.25, 0.3) is 0 Å². The van der Waals surface area contributed by atoms with Crippen molar-refractivity contribution in [1.29, 1.82) is 0 Å². The predicted molar refractivity (Wildman–Crippen MR) is 80.8 cm³/mol. The van der Waals surface area contributed by atoms with Crippen molar-refractivity contribution in [3.63, 3.8) is 0 Å². The quantitative estimate of drug-likeness (QED) is 0.210. The van der Waals surface area contributed by atoms with Crippen LogP contribution in [0.25, 0.3) is 0 Å². The summed E-state index contributed by atoms with van der Waals surface area (Å²) < 4.78 is 0. The van der Waals surface area contributed by atoms with E-state index in [1.54, 1.807) is 0 Å². The van der Waals surface area contributed by atoms with Crippen molar-refractivity contribution in [2.24, 2.45) is 11.5 Å². The summed E-state index contributed by atoms with van der Waals surface area (Å²) in [5.74, 6) is -6.06. The van der Waals surface area contributed by atoms with Crippen LogP contribution < -0.4 is 11.5 Å². The zero-order valence-corrected chi connectivity index (χ0v) is 11.9. The van der Waals surface area contributed by atoms with Gasteiger partial charge >= 0.3 is 53.4 Å². The van der Waals surface area contributed by atoms with E-state index in [4.69, 9.17) is 31.9 Å². The Balaban J connectivity index is -0.000000301. The number of aliphatic carboxylic acids is 4. The van der Waals surface area contributed by atoms with E-state index in [1.165, 1.54) is 0 Å². The van der Waals surface area contributed by atoms with Crippen LogP contribution in [0, 0.1) is 0 Å². The van der Waals surface area contributed by atoms with Crippen molar-refractivity contribution >= 4 is 53.4 Å². The molecular weight excluding hydrogens is 347 g/mol. The molecule has 0 aromatic carbocycles. The topological polar surface area (TPSA) is 296 Å². The molecule has 0 atom stereocenters. The van der Waals surface area contributed by atoms with Crippen molar-refractivity contribution in [1.82, 2.24) is 0 Å². The molecule has 0 aromatic heterocycles. The number of hydrogen-bond acceptors (Lipinski definition) is 6. The van der Waals surface area contributed by atoms with E-state index in [-0.39, 0.29) is 46.0 Å². The Morgan fingerprint density at radius 1 is 0.583 bits per heavy atom. The summed E-state index contributed by atoms with van der Waals surface area (Å²) in [6.45, 7) is 0. The summed E-state index contributed by atoms with van der Waals surface area (Å²) in [6.07, 6.45) is -3.90. The van der Waals surface area contributed by atoms with Gasteiger partial charge in [-0.3, -0.25) is 19.2 Å². The molecule has 0 amide bonds. The zero-order valence-electron chi connectivity index (χ0n) is 11.9. The number of hydrogen-bond donors (Lipinski definition) is 6. The van der Waals surface area contributed by atoms with Crippen molar-refractivity contribution in [2.45, 2.75) is 36.8 Å². The van der Waals surface area contributed by atoms with Crippen LogP contribution in [-0.2, 0) is 19.2 Å². The molecule has 13 nitrogen and oxygen atoms in total. The fourth-order valence-corrected chi connectivity index (χ4v) is 1.91. The van der Waals surface area contributed by atoms with E-state index in [9.17, 15) is 19.2 Å². The van der Waals surface area contributed by atoms with Gasteiger partial charge < -0.3 is 48.3 Å². The second-order valence-corrected chi connectivity index (χ2v) is 4.59. The molecule has 14 heteroatoms. The minimum absolute atomic E-state index is 0. The first kappa shape index (κ1) is 34.1. The van der Waals surface area contributed by atoms with Crippen LogP contribution in [0.15, 0.2) is 0 Å². The van der Waals surface area contributed by atoms with E-state index < -0.39 is 60.6 Å². The first-order chi connectivity index (χ1) is 8.92. The van der Waals surface area contributed by atoms with Crippen molar-refractivity contribution in [3.05, 3.63) is 0 Å². The van der Waals surface area contributed by atoms with Crippen LogP contribution in [0.4, 0.5) is 0 Å². The van der Waals surface area contributed by atoms with Gasteiger partial charge in [-0.1, -0.05) is 0 Å². The zero-order chi connectivity index (χ0) is 16.1. The summed E-state index contributed by atoms with van der Waals surface area (Å²) in [5.41, 5.74) is 6.88. The maximum atomic E-state index is 10.8. The number of rotatable bonds is 9. The Morgan fingerprint density at radius 2 is 0.708 bits per heavy atom. The van der Waals surface area contributed by atoms with Gasteiger partial charge in [-0.15, -0.1) is 0 Å². The molecule has 0 fully saturated rings. The number of carboxylic acids is 4. The van der Waals surface area contributed by atoms with Gasteiger partial charge in [0.2, 0.25) is 0 Å². The normalized spacial score (nSPS) is 9.92. The molecule has 0 spiro atoms. The van der Waals surface area contributed by atoms with E-state index in [2.05, 4.69) is 0 Å². The van der Waals surface area contributed by atoms with Crippen LogP contribution in [-0.4, -0.2) is 101 Å². The second kappa shape index (κ2) is 13.0. The molecule has 0 aromatic rings. The summed E-state index contributed by atoms with van der Waals surface area (Å²) in [7, 11) is 0. The Labute approximate surface area is 157 Å². The third kappa shape index (κ3) is 10.5. The van der Waals surface area contributed by atoms with Gasteiger partial charge in [-0.2, -0.15) is 0 Å². The molecule has 0 bridgehead atoms. The van der Waals surface area contributed by atoms with Crippen LogP contribution >= 0.6 is 0 Å². The van der Waals surface area contributed by atoms with Crippen LogP contribution in [0.3, 0.4) is 0 Å². The number of carboxylic acid groups (broad SMARTS) is 4. The number of nitrogens with two attached hydrogens (primary N) is 2. The molecule has 0 saturated heterocycles. The molecule has 0 unspecified atom stereocenters. The fourth-order valence-electron chi connectivity index (χ4n) is 1.91. The second-order valence-electron chi connectivity index (χ2n) is 4.59. The third-order valence-corrected chi connectivity index (χ3v) is 2.86. The van der Waals surface area contributed by atoms with Gasteiger partial charge in [-0.05, 0) is 0 Å². The van der Waals surface area contributed by atoms with Gasteiger partial charge in [0.15, 0.2) is 0 Å². The molecule has 140 valence electrons. The van der Waals surface area contributed by atoms with Crippen molar-refractivity contribution < 1.29 is 56.0 Å². The SMILES string of the molecule is NC(CC(=O)O)(CC(=O)O)C(N)(CC(=O)O)CC(=O)O.O.O.O.[NaH]. The average molecular weight is 370 g/mol. The monoisotopic (exact) mass is 370 g/mol. The summed E-state index contributed by atoms with van der Waals surface area (Å²) in [5, 5.41) is 35.1. The maximum absolute atomic E-state index is 10.8. The molecule has 0 saturated carbocycles. The minimum atomic E-state index is -2.22. The van der Waals surface area contributed by atoms with Crippen LogP contribution in [0.2, 0.25) is 0 Å². The van der Waals surface area contributed by atoms with Gasteiger partial charge in [-0.25, -0.2) is 0 Å². The van der Waals surface area contributed by atoms with E-state index in [1.807, 2.05) is 0 Å². The predicted octanol–water partition coefficient (Wildman–Crippen LogP) is -4.84. The molecule has 14 N–H and O–H groups in total. The Bertz CT molecular complexity index is 371. The molecule has 0 aliphatic rings. The first-order valence-electron chi connectivity index (χ1n) is 5.37. The third-order valence-electron chi connectivity index (χ3n) is 2.86. The van der Waals surface area contributed by atoms with Gasteiger partial charge in [0.05, 0.1) is 36.8 Å². The van der Waals surface area contributed by atoms with Crippen LogP contribution in [0.5, 0.6) is 0 Å². The van der Waals surface area contributed by atoms with Crippen molar-refractivity contribution in [2.75, 3.05) is 0 Å². The number of carbonyl (C=O) groups is 4. The summed E-state index contributed by atoms with van der Waals surface area (Å²) in [4.78, 5) is 43.2. The summed E-state index contributed by atoms with van der Waals surface area (Å²) >= 11 is 0. The average Bonchev–Trinajstić information content (AvgIpc) is 2.10. The first-order valence-corrected chi connectivity index (χ1v) is 5.37. The molecule has 0 aliphatic carbocycles. The van der Waals surface area contributed by atoms with E-state index >= 15 is 0 Å². The molecule has 0 radical (unpaired) electrons. The van der Waals surface area contributed by atoms with E-state index in [0.29, 0.717) is 0 Å². The molecule has 24 heavy (non-hydrogen) atoms. The Morgan fingerprint density at radius 3 is 0.792 bits per heavy atom. The van der Waals surface area contributed by atoms with Crippen LogP contribution in [0.1, 0.15) is 25.7 Å². The standard InChI is InChI=1S/C10H16N2O8.Na.3H2O.H/c11-9(1-5(13)14,2-6(15)16)10(12,3-7(17)18)4-8(19)20;;;;;/h1-4,11-12H2,(H,13,14)(H,15,16)(H,17,18)(H,19,20);;3*1H2;. The Kier molecular flexibility index (Phi) is 18.5. The molecular formula is C10H23N2NaO11. The van der Waals surface area contributed by atoms with Gasteiger partial charge in [0.1, 0.15) is 0 Å². The molecule has 0 rings (SSSR count). The van der Waals surface area contributed by atoms with Gasteiger partial charge in [0, 0.05) is 0 Å². The van der Waals surface area contributed by atoms with Crippen molar-refractivity contribution in [3.8, 4) is 0 Å². The fraction of sp³-hybridized carbons (Fsp3) is 0.600. The van der Waals surface area contributed by atoms with E-state index in [0.717, 1.165) is 0 Å². The molecule has 0 aliphatic heterocycles. The summed E-state index contributed by atoms with van der Waals surface area (Å²) in [6, 6.07) is 0. The molecule has 0 heterocycles. The Hall–Kier alpha value is -1.32.